The molecule has 2 amide bonds. The highest BCUT2D eigenvalue weighted by Crippen LogP contribution is 2.30. The number of hydrogen-bond acceptors (Lipinski definition) is 3. The van der Waals surface area contributed by atoms with E-state index in [2.05, 4.69) is 10.6 Å². The maximum absolute atomic E-state index is 12.1. The van der Waals surface area contributed by atoms with Crippen LogP contribution in [0.5, 0.6) is 5.75 Å². The summed E-state index contributed by atoms with van der Waals surface area (Å²) in [5.41, 5.74) is 2.00. The average molecular weight is 340 g/mol. The first-order valence-electron chi connectivity index (χ1n) is 8.59. The van der Waals surface area contributed by atoms with Gasteiger partial charge in [-0.15, -0.1) is 0 Å². The Morgan fingerprint density at radius 1 is 1.16 bits per heavy atom. The van der Waals surface area contributed by atoms with Crippen molar-refractivity contribution in [2.45, 2.75) is 38.4 Å². The highest BCUT2D eigenvalue weighted by Gasteiger charge is 2.34. The van der Waals surface area contributed by atoms with Gasteiger partial charge in [0.1, 0.15) is 12.4 Å². The first kappa shape index (κ1) is 17.3. The number of anilines is 1. The molecule has 0 bridgehead atoms. The van der Waals surface area contributed by atoms with Gasteiger partial charge in [0.15, 0.2) is 0 Å². The molecular weight excluding hydrogens is 316 g/mol. The van der Waals surface area contributed by atoms with Crippen LogP contribution in [0.25, 0.3) is 0 Å². The quantitative estimate of drug-likeness (QED) is 0.752. The Labute approximate surface area is 148 Å². The highest BCUT2D eigenvalue weighted by molar-refractivity contribution is 5.90. The molecule has 0 aromatic heterocycles. The van der Waals surface area contributed by atoms with E-state index in [0.29, 0.717) is 6.61 Å². The number of carbonyl (C=O) groups is 1. The van der Waals surface area contributed by atoms with Crippen molar-refractivity contribution in [1.29, 1.82) is 0 Å². The molecule has 1 aliphatic carbocycles. The third kappa shape index (κ3) is 4.51. The summed E-state index contributed by atoms with van der Waals surface area (Å²) >= 11 is 0. The molecule has 0 heterocycles. The second-order valence-corrected chi connectivity index (χ2v) is 6.58. The summed E-state index contributed by atoms with van der Waals surface area (Å²) in [5.74, 6) is 0.812. The summed E-state index contributed by atoms with van der Waals surface area (Å²) in [6, 6.07) is 15.1. The number of ether oxygens (including phenoxy) is 1. The van der Waals surface area contributed by atoms with Crippen LogP contribution < -0.4 is 15.4 Å². The largest absolute Gasteiger partial charge is 0.489 e. The van der Waals surface area contributed by atoms with E-state index in [1.54, 1.807) is 0 Å². The molecule has 0 unspecified atom stereocenters. The van der Waals surface area contributed by atoms with Gasteiger partial charge in [0.05, 0.1) is 5.60 Å². The van der Waals surface area contributed by atoms with Crippen LogP contribution in [0.2, 0.25) is 0 Å². The van der Waals surface area contributed by atoms with Crippen LogP contribution in [0.4, 0.5) is 10.5 Å². The minimum Gasteiger partial charge on any atom is -0.489 e. The minimum atomic E-state index is -0.724. The highest BCUT2D eigenvalue weighted by atomic mass is 16.5. The van der Waals surface area contributed by atoms with Gasteiger partial charge >= 0.3 is 6.03 Å². The van der Waals surface area contributed by atoms with Gasteiger partial charge in [-0.05, 0) is 55.5 Å². The molecule has 3 N–H and O–H groups in total. The number of urea groups is 1. The number of hydrogen-bond donors (Lipinski definition) is 3. The van der Waals surface area contributed by atoms with Crippen LogP contribution in [0, 0.1) is 6.92 Å². The van der Waals surface area contributed by atoms with Gasteiger partial charge in [0.2, 0.25) is 0 Å². The minimum absolute atomic E-state index is 0.286. The van der Waals surface area contributed by atoms with Crippen molar-refractivity contribution in [3.8, 4) is 5.75 Å². The predicted molar refractivity (Wildman–Crippen MR) is 97.8 cm³/mol. The normalized spacial score (nSPS) is 15.1. The van der Waals surface area contributed by atoms with E-state index in [-0.39, 0.29) is 12.6 Å². The average Bonchev–Trinajstić information content (AvgIpc) is 2.60. The number of carbonyl (C=O) groups excluding carboxylic acids is 1. The number of para-hydroxylation sites is 1. The lowest BCUT2D eigenvalue weighted by molar-refractivity contribution is -0.0287. The van der Waals surface area contributed by atoms with Crippen molar-refractivity contribution in [2.24, 2.45) is 0 Å². The molecule has 5 heteroatoms. The third-order valence-corrected chi connectivity index (χ3v) is 4.69. The van der Waals surface area contributed by atoms with Gasteiger partial charge in [0, 0.05) is 12.2 Å². The molecule has 1 aliphatic rings. The Bertz CT molecular complexity index is 727. The van der Waals surface area contributed by atoms with Gasteiger partial charge in [-0.25, -0.2) is 4.79 Å². The molecule has 0 atom stereocenters. The molecule has 5 nitrogen and oxygen atoms in total. The molecule has 3 rings (SSSR count). The first-order chi connectivity index (χ1) is 12.1. The van der Waals surface area contributed by atoms with Gasteiger partial charge < -0.3 is 20.5 Å². The summed E-state index contributed by atoms with van der Waals surface area (Å²) < 4.78 is 5.79. The molecule has 132 valence electrons. The second-order valence-electron chi connectivity index (χ2n) is 6.58. The Morgan fingerprint density at radius 2 is 1.92 bits per heavy atom. The number of amides is 2. The second kappa shape index (κ2) is 7.57. The van der Waals surface area contributed by atoms with E-state index in [4.69, 9.17) is 4.74 Å². The number of aliphatic hydroxyl groups is 1. The maximum Gasteiger partial charge on any atom is 0.319 e. The van der Waals surface area contributed by atoms with Crippen LogP contribution in [0.15, 0.2) is 48.5 Å². The SMILES string of the molecule is Cc1c(COc2ccccc2)cccc1NC(=O)NCC1(O)CCC1. The van der Waals surface area contributed by atoms with Crippen LogP contribution in [-0.4, -0.2) is 23.3 Å². The summed E-state index contributed by atoms with van der Waals surface area (Å²) in [6.07, 6.45) is 2.51. The van der Waals surface area contributed by atoms with E-state index in [0.717, 1.165) is 41.8 Å². The maximum atomic E-state index is 12.1. The summed E-state index contributed by atoms with van der Waals surface area (Å²) in [5, 5.41) is 15.6. The van der Waals surface area contributed by atoms with Crippen molar-refractivity contribution >= 4 is 11.7 Å². The van der Waals surface area contributed by atoms with Crippen molar-refractivity contribution < 1.29 is 14.6 Å². The van der Waals surface area contributed by atoms with E-state index in [9.17, 15) is 9.90 Å². The smallest absolute Gasteiger partial charge is 0.319 e. The lowest BCUT2D eigenvalue weighted by Crippen LogP contribution is -2.48. The van der Waals surface area contributed by atoms with E-state index >= 15 is 0 Å². The van der Waals surface area contributed by atoms with Crippen molar-refractivity contribution in [3.05, 3.63) is 59.7 Å². The number of rotatable bonds is 6. The zero-order valence-corrected chi connectivity index (χ0v) is 14.4. The molecule has 1 saturated carbocycles. The van der Waals surface area contributed by atoms with Crippen molar-refractivity contribution in [1.82, 2.24) is 5.32 Å². The molecule has 0 aliphatic heterocycles. The van der Waals surface area contributed by atoms with Crippen LogP contribution in [0.3, 0.4) is 0 Å². The predicted octanol–water partition coefficient (Wildman–Crippen LogP) is 3.61. The van der Waals surface area contributed by atoms with Gasteiger partial charge in [-0.1, -0.05) is 30.3 Å². The van der Waals surface area contributed by atoms with Gasteiger partial charge in [-0.2, -0.15) is 0 Å². The first-order valence-corrected chi connectivity index (χ1v) is 8.59. The molecular formula is C20H24N2O3. The number of benzene rings is 2. The Kier molecular flexibility index (Phi) is 5.24. The van der Waals surface area contributed by atoms with Crippen molar-refractivity contribution in [3.63, 3.8) is 0 Å². The zero-order chi connectivity index (χ0) is 17.7. The topological polar surface area (TPSA) is 70.6 Å². The molecule has 2 aromatic carbocycles. The summed E-state index contributed by atoms with van der Waals surface area (Å²) in [4.78, 5) is 12.1. The Morgan fingerprint density at radius 3 is 2.60 bits per heavy atom. The van der Waals surface area contributed by atoms with Crippen LogP contribution in [0.1, 0.15) is 30.4 Å². The standard InChI is InChI=1S/C20H24N2O3/c1-15-16(13-25-17-8-3-2-4-9-17)7-5-10-18(15)22-19(23)21-14-20(24)11-6-12-20/h2-5,7-10,24H,6,11-14H2,1H3,(H2,21,22,23). The Balaban J connectivity index is 1.57. The fourth-order valence-electron chi connectivity index (χ4n) is 2.83. The monoisotopic (exact) mass is 340 g/mol. The lowest BCUT2D eigenvalue weighted by Gasteiger charge is -2.36. The van der Waals surface area contributed by atoms with Crippen molar-refractivity contribution in [2.75, 3.05) is 11.9 Å². The summed E-state index contributed by atoms with van der Waals surface area (Å²) in [7, 11) is 0. The van der Waals surface area contributed by atoms with Crippen LogP contribution >= 0.6 is 0 Å². The number of nitrogens with one attached hydrogen (secondary N) is 2. The third-order valence-electron chi connectivity index (χ3n) is 4.69. The summed E-state index contributed by atoms with van der Waals surface area (Å²) in [6.45, 7) is 2.68. The molecule has 25 heavy (non-hydrogen) atoms. The van der Waals surface area contributed by atoms with E-state index in [1.165, 1.54) is 0 Å². The fraction of sp³-hybridized carbons (Fsp3) is 0.350. The van der Waals surface area contributed by atoms with E-state index in [1.807, 2.05) is 55.5 Å². The van der Waals surface area contributed by atoms with Crippen LogP contribution in [-0.2, 0) is 6.61 Å². The lowest BCUT2D eigenvalue weighted by atomic mass is 9.80. The fourth-order valence-corrected chi connectivity index (χ4v) is 2.83. The van der Waals surface area contributed by atoms with Gasteiger partial charge in [-0.3, -0.25) is 0 Å². The molecule has 0 spiro atoms. The molecule has 0 saturated heterocycles. The van der Waals surface area contributed by atoms with E-state index < -0.39 is 5.60 Å². The van der Waals surface area contributed by atoms with Gasteiger partial charge in [0.25, 0.3) is 0 Å². The molecule has 2 aromatic rings. The molecule has 0 radical (unpaired) electrons. The Hall–Kier alpha value is -2.53. The zero-order valence-electron chi connectivity index (χ0n) is 14.4. The molecule has 1 fully saturated rings.